The van der Waals surface area contributed by atoms with Crippen LogP contribution in [0.15, 0.2) is 0 Å². The summed E-state index contributed by atoms with van der Waals surface area (Å²) >= 11 is 0. The highest BCUT2D eigenvalue weighted by Crippen LogP contribution is 2.40. The van der Waals surface area contributed by atoms with Gasteiger partial charge < -0.3 is 16.0 Å². The van der Waals surface area contributed by atoms with E-state index in [2.05, 4.69) is 24.3 Å². The fourth-order valence-corrected chi connectivity index (χ4v) is 3.55. The van der Waals surface area contributed by atoms with E-state index in [1.165, 1.54) is 32.1 Å². The predicted molar refractivity (Wildman–Crippen MR) is 77.9 cm³/mol. The van der Waals surface area contributed by atoms with Crippen LogP contribution in [0.4, 0.5) is 0 Å². The van der Waals surface area contributed by atoms with Gasteiger partial charge in [-0.15, -0.1) is 0 Å². The average molecular weight is 267 g/mol. The molecular formula is C15H29N3O. The summed E-state index contributed by atoms with van der Waals surface area (Å²) < 4.78 is 0. The highest BCUT2D eigenvalue weighted by Gasteiger charge is 2.44. The average Bonchev–Trinajstić information content (AvgIpc) is 2.36. The van der Waals surface area contributed by atoms with E-state index in [4.69, 9.17) is 5.73 Å². The van der Waals surface area contributed by atoms with Gasteiger partial charge in [-0.05, 0) is 39.8 Å². The molecule has 4 nitrogen and oxygen atoms in total. The maximum Gasteiger partial charge on any atom is 0.227 e. The summed E-state index contributed by atoms with van der Waals surface area (Å²) in [5.74, 6) is 0.188. The Morgan fingerprint density at radius 2 is 1.74 bits per heavy atom. The van der Waals surface area contributed by atoms with Gasteiger partial charge in [-0.2, -0.15) is 0 Å². The molecule has 0 aromatic rings. The lowest BCUT2D eigenvalue weighted by Gasteiger charge is -2.45. The molecular weight excluding hydrogens is 238 g/mol. The number of nitrogens with one attached hydrogen (secondary N) is 1. The van der Waals surface area contributed by atoms with Crippen molar-refractivity contribution < 1.29 is 4.79 Å². The Morgan fingerprint density at radius 1 is 1.11 bits per heavy atom. The van der Waals surface area contributed by atoms with Gasteiger partial charge in [0.15, 0.2) is 0 Å². The maximum atomic E-state index is 12.4. The van der Waals surface area contributed by atoms with Crippen LogP contribution in [-0.4, -0.2) is 43.5 Å². The van der Waals surface area contributed by atoms with Crippen molar-refractivity contribution in [1.82, 2.24) is 10.2 Å². The molecule has 0 heterocycles. The topological polar surface area (TPSA) is 58.4 Å². The monoisotopic (exact) mass is 267 g/mol. The number of carbonyl (C=O) groups excluding carboxylic acids is 1. The summed E-state index contributed by atoms with van der Waals surface area (Å²) in [7, 11) is 4.28. The van der Waals surface area contributed by atoms with Gasteiger partial charge in [0.05, 0.1) is 5.41 Å². The number of amides is 1. The molecule has 0 atom stereocenters. The minimum absolute atomic E-state index is 0.160. The first kappa shape index (κ1) is 14.8. The first-order chi connectivity index (χ1) is 9.05. The van der Waals surface area contributed by atoms with E-state index in [9.17, 15) is 4.79 Å². The zero-order valence-corrected chi connectivity index (χ0v) is 12.5. The van der Waals surface area contributed by atoms with Gasteiger partial charge in [0, 0.05) is 18.6 Å². The molecule has 0 aromatic carbocycles. The van der Waals surface area contributed by atoms with Crippen molar-refractivity contribution in [2.24, 2.45) is 11.1 Å². The number of rotatable bonds is 5. The molecule has 0 aromatic heterocycles. The van der Waals surface area contributed by atoms with E-state index in [1.807, 2.05) is 0 Å². The quantitative estimate of drug-likeness (QED) is 0.793. The predicted octanol–water partition coefficient (Wildman–Crippen LogP) is 1.50. The van der Waals surface area contributed by atoms with Gasteiger partial charge in [0.25, 0.3) is 0 Å². The second-order valence-electron chi connectivity index (χ2n) is 6.70. The maximum absolute atomic E-state index is 12.4. The third-order valence-corrected chi connectivity index (χ3v) is 5.49. The van der Waals surface area contributed by atoms with E-state index in [0.29, 0.717) is 6.54 Å². The molecule has 0 aliphatic heterocycles. The van der Waals surface area contributed by atoms with Crippen LogP contribution in [0.2, 0.25) is 0 Å². The van der Waals surface area contributed by atoms with Crippen LogP contribution < -0.4 is 11.1 Å². The molecule has 19 heavy (non-hydrogen) atoms. The molecule has 0 spiro atoms. The van der Waals surface area contributed by atoms with E-state index < -0.39 is 0 Å². The van der Waals surface area contributed by atoms with Gasteiger partial charge in [-0.3, -0.25) is 4.79 Å². The van der Waals surface area contributed by atoms with Crippen molar-refractivity contribution in [2.75, 3.05) is 27.2 Å². The van der Waals surface area contributed by atoms with Crippen molar-refractivity contribution in [3.05, 3.63) is 0 Å². The number of nitrogens with zero attached hydrogens (tertiary/aromatic N) is 1. The fraction of sp³-hybridized carbons (Fsp3) is 0.933. The van der Waals surface area contributed by atoms with Crippen molar-refractivity contribution in [3.8, 4) is 0 Å². The third-order valence-electron chi connectivity index (χ3n) is 5.49. The van der Waals surface area contributed by atoms with Crippen molar-refractivity contribution >= 4 is 5.91 Å². The summed E-state index contributed by atoms with van der Waals surface area (Å²) in [6.45, 7) is 1.27. The lowest BCUT2D eigenvalue weighted by atomic mass is 9.68. The lowest BCUT2D eigenvalue weighted by molar-refractivity contribution is -0.136. The SMILES string of the molecule is CN(C)C1(CNC(=O)C2(CN)CCC2)CCCCC1. The van der Waals surface area contributed by atoms with Crippen LogP contribution in [0.1, 0.15) is 51.4 Å². The van der Waals surface area contributed by atoms with Crippen molar-refractivity contribution in [3.63, 3.8) is 0 Å². The Bertz CT molecular complexity index is 312. The van der Waals surface area contributed by atoms with Crippen LogP contribution in [0.5, 0.6) is 0 Å². The molecule has 3 N–H and O–H groups in total. The Morgan fingerprint density at radius 3 is 2.16 bits per heavy atom. The van der Waals surface area contributed by atoms with E-state index in [-0.39, 0.29) is 16.9 Å². The molecule has 2 saturated carbocycles. The molecule has 0 saturated heterocycles. The first-order valence-electron chi connectivity index (χ1n) is 7.71. The molecule has 1 amide bonds. The van der Waals surface area contributed by atoms with Crippen LogP contribution in [0, 0.1) is 5.41 Å². The number of carbonyl (C=O) groups is 1. The van der Waals surface area contributed by atoms with Gasteiger partial charge in [0.1, 0.15) is 0 Å². The van der Waals surface area contributed by atoms with Crippen molar-refractivity contribution in [1.29, 1.82) is 0 Å². The molecule has 4 heteroatoms. The number of nitrogens with two attached hydrogens (primary N) is 1. The standard InChI is InChI=1S/C15H29N3O/c1-18(2)15(9-4-3-5-10-15)12-17-13(19)14(11-16)7-6-8-14/h3-12,16H2,1-2H3,(H,17,19). The highest BCUT2D eigenvalue weighted by molar-refractivity contribution is 5.83. The van der Waals surface area contributed by atoms with Crippen LogP contribution >= 0.6 is 0 Å². The van der Waals surface area contributed by atoms with E-state index in [0.717, 1.165) is 25.8 Å². The molecule has 2 aliphatic carbocycles. The largest absolute Gasteiger partial charge is 0.354 e. The van der Waals surface area contributed by atoms with Crippen LogP contribution in [0.25, 0.3) is 0 Å². The highest BCUT2D eigenvalue weighted by atomic mass is 16.2. The number of hydrogen-bond donors (Lipinski definition) is 2. The zero-order valence-electron chi connectivity index (χ0n) is 12.5. The van der Waals surface area contributed by atoms with Gasteiger partial charge in [0.2, 0.25) is 5.91 Å². The van der Waals surface area contributed by atoms with Crippen molar-refractivity contribution in [2.45, 2.75) is 56.9 Å². The first-order valence-corrected chi connectivity index (χ1v) is 7.71. The summed E-state index contributed by atoms with van der Waals surface area (Å²) in [4.78, 5) is 14.7. The molecule has 0 bridgehead atoms. The second kappa shape index (κ2) is 5.80. The Balaban J connectivity index is 1.93. The normalized spacial score (nSPS) is 24.8. The Hall–Kier alpha value is -0.610. The fourth-order valence-electron chi connectivity index (χ4n) is 3.55. The minimum Gasteiger partial charge on any atom is -0.354 e. The smallest absolute Gasteiger partial charge is 0.227 e. The Labute approximate surface area is 117 Å². The summed E-state index contributed by atoms with van der Waals surface area (Å²) in [6, 6.07) is 0. The van der Waals surface area contributed by atoms with Crippen LogP contribution in [0.3, 0.4) is 0 Å². The van der Waals surface area contributed by atoms with Gasteiger partial charge >= 0.3 is 0 Å². The summed E-state index contributed by atoms with van der Waals surface area (Å²) in [5.41, 5.74) is 5.71. The zero-order chi connectivity index (χ0) is 13.9. The third kappa shape index (κ3) is 2.79. The minimum atomic E-state index is -0.248. The second-order valence-corrected chi connectivity index (χ2v) is 6.70. The van der Waals surface area contributed by atoms with Gasteiger partial charge in [-0.1, -0.05) is 25.7 Å². The molecule has 0 unspecified atom stereocenters. The molecule has 2 aliphatic rings. The summed E-state index contributed by atoms with van der Waals surface area (Å²) in [5, 5.41) is 3.21. The molecule has 2 rings (SSSR count). The molecule has 110 valence electrons. The van der Waals surface area contributed by atoms with Crippen LogP contribution in [-0.2, 0) is 4.79 Å². The summed E-state index contributed by atoms with van der Waals surface area (Å²) in [6.07, 6.45) is 9.33. The van der Waals surface area contributed by atoms with E-state index in [1.54, 1.807) is 0 Å². The Kier molecular flexibility index (Phi) is 4.51. The lowest BCUT2D eigenvalue weighted by Crippen LogP contribution is -2.57. The van der Waals surface area contributed by atoms with E-state index >= 15 is 0 Å². The van der Waals surface area contributed by atoms with Gasteiger partial charge in [-0.25, -0.2) is 0 Å². The molecule has 0 radical (unpaired) electrons. The number of hydrogen-bond acceptors (Lipinski definition) is 3. The molecule has 2 fully saturated rings. The number of likely N-dealkylation sites (N-methyl/N-ethyl adjacent to an activating group) is 1.